The second-order valence-corrected chi connectivity index (χ2v) is 8.21. The average molecular weight is 448 g/mol. The molecule has 0 aromatic heterocycles. The molecule has 164 valence electrons. The summed E-state index contributed by atoms with van der Waals surface area (Å²) in [6, 6.07) is 25.4. The minimum atomic E-state index is -0.736. The summed E-state index contributed by atoms with van der Waals surface area (Å²) in [4.78, 5) is 26.1. The number of nitrogens with zero attached hydrogens (tertiary/aromatic N) is 1. The predicted octanol–water partition coefficient (Wildman–Crippen LogP) is 4.76. The minimum Gasteiger partial charge on any atom is -0.343 e. The Balaban J connectivity index is 1.75. The molecule has 0 aliphatic carbocycles. The second-order valence-electron chi connectivity index (χ2n) is 7.77. The fraction of sp³-hybridized carbons (Fsp3) is 0.192. The van der Waals surface area contributed by atoms with Gasteiger partial charge in [-0.15, -0.1) is 0 Å². The fourth-order valence-corrected chi connectivity index (χ4v) is 3.47. The highest BCUT2D eigenvalue weighted by Gasteiger charge is 2.29. The van der Waals surface area contributed by atoms with Crippen LogP contribution in [0.3, 0.4) is 0 Å². The van der Waals surface area contributed by atoms with Crippen LogP contribution in [0.5, 0.6) is 0 Å². The first kappa shape index (κ1) is 23.2. The van der Waals surface area contributed by atoms with Gasteiger partial charge in [-0.2, -0.15) is 5.10 Å². The van der Waals surface area contributed by atoms with E-state index in [1.807, 2.05) is 74.5 Å². The highest BCUT2D eigenvalue weighted by atomic mass is 35.5. The Morgan fingerprint density at radius 1 is 0.812 bits per heavy atom. The summed E-state index contributed by atoms with van der Waals surface area (Å²) in [7, 11) is 0. The van der Waals surface area contributed by atoms with Gasteiger partial charge in [-0.25, -0.2) is 5.43 Å². The number of rotatable bonds is 8. The molecule has 5 nitrogen and oxygen atoms in total. The lowest BCUT2D eigenvalue weighted by molar-refractivity contribution is -0.130. The number of hydrazone groups is 1. The molecule has 6 heteroatoms. The van der Waals surface area contributed by atoms with E-state index in [9.17, 15) is 9.59 Å². The van der Waals surface area contributed by atoms with Gasteiger partial charge in [0.2, 0.25) is 5.91 Å². The van der Waals surface area contributed by atoms with E-state index in [1.165, 1.54) is 6.21 Å². The van der Waals surface area contributed by atoms with E-state index < -0.39 is 12.0 Å². The van der Waals surface area contributed by atoms with E-state index in [1.54, 1.807) is 24.3 Å². The summed E-state index contributed by atoms with van der Waals surface area (Å²) in [5, 5.41) is 7.58. The number of carbonyl (C=O) groups is 2. The largest absolute Gasteiger partial charge is 0.343 e. The van der Waals surface area contributed by atoms with Crippen molar-refractivity contribution in [1.82, 2.24) is 10.7 Å². The van der Waals surface area contributed by atoms with Gasteiger partial charge in [-0.1, -0.05) is 98.2 Å². The number of amides is 2. The van der Waals surface area contributed by atoms with Crippen molar-refractivity contribution in [1.29, 1.82) is 0 Å². The maximum Gasteiger partial charge on any atom is 0.262 e. The van der Waals surface area contributed by atoms with Gasteiger partial charge in [0.25, 0.3) is 5.91 Å². The molecule has 0 bridgehead atoms. The Labute approximate surface area is 193 Å². The molecule has 1 atom stereocenters. The van der Waals surface area contributed by atoms with Crippen LogP contribution in [0.2, 0.25) is 5.02 Å². The molecule has 0 heterocycles. The normalized spacial score (nSPS) is 12.2. The molecule has 0 radical (unpaired) electrons. The standard InChI is InChI=1S/C26H26ClN3O2/c1-18(2)24(26(32)30-28-17-19-13-15-22(27)16-14-19)29-25(31)23(20-9-5-3-6-10-20)21-11-7-4-8-12-21/h3-18,23-24H,1-2H3,(H,29,31)(H,30,32)/b28-17-/t24-/m1/s1. The fourth-order valence-electron chi connectivity index (χ4n) is 3.35. The summed E-state index contributed by atoms with van der Waals surface area (Å²) in [6.07, 6.45) is 1.53. The Morgan fingerprint density at radius 2 is 1.34 bits per heavy atom. The third-order valence-corrected chi connectivity index (χ3v) is 5.29. The SMILES string of the molecule is CC(C)[C@@H](NC(=O)C(c1ccccc1)c1ccccc1)C(=O)N/N=C\c1ccc(Cl)cc1. The molecule has 32 heavy (non-hydrogen) atoms. The van der Waals surface area contributed by atoms with Gasteiger partial charge in [0.1, 0.15) is 6.04 Å². The lowest BCUT2D eigenvalue weighted by Gasteiger charge is -2.24. The van der Waals surface area contributed by atoms with Gasteiger partial charge < -0.3 is 5.32 Å². The first-order valence-electron chi connectivity index (χ1n) is 10.4. The molecule has 2 N–H and O–H groups in total. The molecular weight excluding hydrogens is 422 g/mol. The molecule has 0 aliphatic heterocycles. The van der Waals surface area contributed by atoms with Crippen molar-refractivity contribution in [2.45, 2.75) is 25.8 Å². The highest BCUT2D eigenvalue weighted by Crippen LogP contribution is 2.25. The van der Waals surface area contributed by atoms with Crippen LogP contribution in [-0.2, 0) is 9.59 Å². The first-order chi connectivity index (χ1) is 15.5. The zero-order valence-corrected chi connectivity index (χ0v) is 18.8. The van der Waals surface area contributed by atoms with Crippen molar-refractivity contribution in [2.75, 3.05) is 0 Å². The van der Waals surface area contributed by atoms with E-state index in [0.29, 0.717) is 5.02 Å². The summed E-state index contributed by atoms with van der Waals surface area (Å²) in [6.45, 7) is 3.76. The summed E-state index contributed by atoms with van der Waals surface area (Å²) in [5.41, 5.74) is 5.05. The molecule has 0 spiro atoms. The molecule has 0 saturated heterocycles. The van der Waals surface area contributed by atoms with Crippen molar-refractivity contribution in [3.8, 4) is 0 Å². The molecule has 3 aromatic rings. The number of carbonyl (C=O) groups excluding carboxylic acids is 2. The van der Waals surface area contributed by atoms with Crippen molar-refractivity contribution in [2.24, 2.45) is 11.0 Å². The zero-order valence-electron chi connectivity index (χ0n) is 18.0. The monoisotopic (exact) mass is 447 g/mol. The molecule has 3 aromatic carbocycles. The Kier molecular flexibility index (Phi) is 8.17. The van der Waals surface area contributed by atoms with E-state index >= 15 is 0 Å². The van der Waals surface area contributed by atoms with Crippen LogP contribution >= 0.6 is 11.6 Å². The van der Waals surface area contributed by atoms with Crippen molar-refractivity contribution >= 4 is 29.6 Å². The van der Waals surface area contributed by atoms with Crippen molar-refractivity contribution in [3.05, 3.63) is 107 Å². The van der Waals surface area contributed by atoms with Crippen LogP contribution < -0.4 is 10.7 Å². The van der Waals surface area contributed by atoms with E-state index in [-0.39, 0.29) is 17.7 Å². The smallest absolute Gasteiger partial charge is 0.262 e. The van der Waals surface area contributed by atoms with Gasteiger partial charge in [0.15, 0.2) is 0 Å². The molecule has 2 amide bonds. The number of hydrogen-bond acceptors (Lipinski definition) is 3. The topological polar surface area (TPSA) is 70.6 Å². The molecule has 0 fully saturated rings. The highest BCUT2D eigenvalue weighted by molar-refractivity contribution is 6.30. The quantitative estimate of drug-likeness (QED) is 0.386. The van der Waals surface area contributed by atoms with Gasteiger partial charge in [0.05, 0.1) is 12.1 Å². The van der Waals surface area contributed by atoms with E-state index in [4.69, 9.17) is 11.6 Å². The maximum absolute atomic E-state index is 13.3. The van der Waals surface area contributed by atoms with Gasteiger partial charge in [-0.3, -0.25) is 9.59 Å². The lowest BCUT2D eigenvalue weighted by Crippen LogP contribution is -2.50. The summed E-state index contributed by atoms with van der Waals surface area (Å²) < 4.78 is 0. The second kappa shape index (κ2) is 11.3. The maximum atomic E-state index is 13.3. The third-order valence-electron chi connectivity index (χ3n) is 5.03. The Hall–Kier alpha value is -3.44. The molecular formula is C26H26ClN3O2. The van der Waals surface area contributed by atoms with Crippen LogP contribution in [0.1, 0.15) is 36.5 Å². The van der Waals surface area contributed by atoms with E-state index in [0.717, 1.165) is 16.7 Å². The Bertz CT molecular complexity index is 1010. The number of benzene rings is 3. The molecule has 0 unspecified atom stereocenters. The lowest BCUT2D eigenvalue weighted by atomic mass is 9.89. The summed E-state index contributed by atoms with van der Waals surface area (Å²) in [5.74, 6) is -1.27. The molecule has 0 saturated carbocycles. The number of nitrogens with one attached hydrogen (secondary N) is 2. The predicted molar refractivity (Wildman–Crippen MR) is 129 cm³/mol. The molecule has 3 rings (SSSR count). The van der Waals surface area contributed by atoms with Gasteiger partial charge in [-0.05, 0) is 34.7 Å². The van der Waals surface area contributed by atoms with Gasteiger partial charge in [0, 0.05) is 5.02 Å². The number of hydrogen-bond donors (Lipinski definition) is 2. The van der Waals surface area contributed by atoms with Crippen LogP contribution in [0.15, 0.2) is 90.0 Å². The Morgan fingerprint density at radius 3 is 1.84 bits per heavy atom. The van der Waals surface area contributed by atoms with E-state index in [2.05, 4.69) is 15.8 Å². The third kappa shape index (κ3) is 6.28. The number of halogens is 1. The van der Waals surface area contributed by atoms with Crippen molar-refractivity contribution < 1.29 is 9.59 Å². The van der Waals surface area contributed by atoms with Crippen LogP contribution in [-0.4, -0.2) is 24.1 Å². The van der Waals surface area contributed by atoms with Crippen LogP contribution in [0.4, 0.5) is 0 Å². The van der Waals surface area contributed by atoms with Crippen molar-refractivity contribution in [3.63, 3.8) is 0 Å². The van der Waals surface area contributed by atoms with Crippen LogP contribution in [0.25, 0.3) is 0 Å². The first-order valence-corrected chi connectivity index (χ1v) is 10.8. The van der Waals surface area contributed by atoms with Gasteiger partial charge >= 0.3 is 0 Å². The minimum absolute atomic E-state index is 0.128. The average Bonchev–Trinajstić information content (AvgIpc) is 2.80. The van der Waals surface area contributed by atoms with Crippen LogP contribution in [0, 0.1) is 5.92 Å². The zero-order chi connectivity index (χ0) is 22.9. The molecule has 0 aliphatic rings. The summed E-state index contributed by atoms with van der Waals surface area (Å²) >= 11 is 5.88.